The Bertz CT molecular complexity index is 513. The standard InChI is InChI=1S/C13H16ClN3O/c1-8(2)15-12-16-11(18)13(3,17-12)9-6-4-5-7-10(9)14/h4-8H,1-3H3,(H2,15,16,17,18). The van der Waals surface area contributed by atoms with E-state index in [0.717, 1.165) is 5.56 Å². The normalized spacial score (nSPS) is 25.4. The fourth-order valence-electron chi connectivity index (χ4n) is 1.94. The molecule has 0 aromatic heterocycles. The summed E-state index contributed by atoms with van der Waals surface area (Å²) in [5.74, 6) is 0.354. The van der Waals surface area contributed by atoms with Crippen molar-refractivity contribution < 1.29 is 4.79 Å². The molecule has 1 unspecified atom stereocenters. The number of hydrogen-bond donors (Lipinski definition) is 2. The molecule has 1 amide bonds. The fraction of sp³-hybridized carbons (Fsp3) is 0.385. The smallest absolute Gasteiger partial charge is 0.256 e. The number of nitrogens with one attached hydrogen (secondary N) is 2. The van der Waals surface area contributed by atoms with E-state index in [0.29, 0.717) is 11.0 Å². The molecule has 1 aliphatic rings. The molecule has 0 bridgehead atoms. The molecular weight excluding hydrogens is 250 g/mol. The Hall–Kier alpha value is -1.55. The van der Waals surface area contributed by atoms with Gasteiger partial charge in [-0.25, -0.2) is 0 Å². The zero-order valence-corrected chi connectivity index (χ0v) is 11.4. The van der Waals surface area contributed by atoms with Crippen LogP contribution in [0.1, 0.15) is 26.3 Å². The number of halogens is 1. The van der Waals surface area contributed by atoms with Crippen molar-refractivity contribution >= 4 is 23.5 Å². The molecule has 0 spiro atoms. The maximum Gasteiger partial charge on any atom is 0.256 e. The molecular formula is C13H16ClN3O. The molecule has 1 aromatic carbocycles. The van der Waals surface area contributed by atoms with Crippen molar-refractivity contribution in [3.8, 4) is 0 Å². The molecule has 1 aromatic rings. The van der Waals surface area contributed by atoms with Gasteiger partial charge in [0.1, 0.15) is 5.54 Å². The Kier molecular flexibility index (Phi) is 3.30. The van der Waals surface area contributed by atoms with E-state index >= 15 is 0 Å². The first-order valence-electron chi connectivity index (χ1n) is 5.86. The highest BCUT2D eigenvalue weighted by Crippen LogP contribution is 2.30. The van der Waals surface area contributed by atoms with Gasteiger partial charge in [0.25, 0.3) is 5.91 Å². The van der Waals surface area contributed by atoms with E-state index < -0.39 is 5.54 Å². The topological polar surface area (TPSA) is 53.5 Å². The van der Waals surface area contributed by atoms with Crippen molar-refractivity contribution in [3.63, 3.8) is 0 Å². The van der Waals surface area contributed by atoms with E-state index in [9.17, 15) is 4.79 Å². The van der Waals surface area contributed by atoms with Crippen molar-refractivity contribution in [2.24, 2.45) is 4.99 Å². The minimum absolute atomic E-state index is 0.112. The lowest BCUT2D eigenvalue weighted by Gasteiger charge is -2.22. The number of rotatable bonds is 2. The molecule has 0 saturated carbocycles. The second-order valence-corrected chi connectivity index (χ2v) is 5.16. The van der Waals surface area contributed by atoms with Gasteiger partial charge in [0, 0.05) is 16.6 Å². The lowest BCUT2D eigenvalue weighted by Crippen LogP contribution is -2.41. The molecule has 4 nitrogen and oxygen atoms in total. The highest BCUT2D eigenvalue weighted by molar-refractivity contribution is 6.32. The maximum absolute atomic E-state index is 12.1. The van der Waals surface area contributed by atoms with Crippen LogP contribution in [0.4, 0.5) is 0 Å². The highest BCUT2D eigenvalue weighted by Gasteiger charge is 2.43. The number of guanidine groups is 1. The zero-order valence-electron chi connectivity index (χ0n) is 10.6. The largest absolute Gasteiger partial charge is 0.338 e. The summed E-state index contributed by atoms with van der Waals surface area (Å²) in [5.41, 5.74) is -0.121. The number of hydrogen-bond acceptors (Lipinski definition) is 2. The molecule has 2 rings (SSSR count). The number of benzene rings is 1. The van der Waals surface area contributed by atoms with E-state index in [1.807, 2.05) is 32.0 Å². The van der Waals surface area contributed by atoms with Gasteiger partial charge in [-0.15, -0.1) is 0 Å². The third-order valence-electron chi connectivity index (χ3n) is 2.85. The van der Waals surface area contributed by atoms with E-state index in [2.05, 4.69) is 15.6 Å². The lowest BCUT2D eigenvalue weighted by molar-refractivity contribution is -0.123. The SMILES string of the molecule is CC(C)N=C1NC(=O)C(C)(c2ccccc2Cl)N1. The van der Waals surface area contributed by atoms with Gasteiger partial charge >= 0.3 is 0 Å². The van der Waals surface area contributed by atoms with Crippen LogP contribution in [-0.2, 0) is 10.3 Å². The van der Waals surface area contributed by atoms with Crippen molar-refractivity contribution in [2.45, 2.75) is 32.4 Å². The van der Waals surface area contributed by atoms with Crippen LogP contribution in [0, 0.1) is 0 Å². The van der Waals surface area contributed by atoms with Gasteiger partial charge in [0.15, 0.2) is 5.96 Å². The van der Waals surface area contributed by atoms with Gasteiger partial charge in [-0.1, -0.05) is 29.8 Å². The van der Waals surface area contributed by atoms with Crippen LogP contribution in [0.3, 0.4) is 0 Å². The van der Waals surface area contributed by atoms with Crippen LogP contribution < -0.4 is 10.6 Å². The predicted octanol–water partition coefficient (Wildman–Crippen LogP) is 2.04. The third kappa shape index (κ3) is 2.20. The van der Waals surface area contributed by atoms with Crippen molar-refractivity contribution in [3.05, 3.63) is 34.9 Å². The molecule has 5 heteroatoms. The molecule has 0 aliphatic carbocycles. The molecule has 1 saturated heterocycles. The maximum atomic E-state index is 12.1. The number of aliphatic imine (C=N–C) groups is 1. The highest BCUT2D eigenvalue weighted by atomic mass is 35.5. The van der Waals surface area contributed by atoms with E-state index in [1.54, 1.807) is 13.0 Å². The monoisotopic (exact) mass is 265 g/mol. The molecule has 96 valence electrons. The quantitative estimate of drug-likeness (QED) is 0.860. The number of carbonyl (C=O) groups excluding carboxylic acids is 1. The number of nitrogens with zero attached hydrogens (tertiary/aromatic N) is 1. The molecule has 18 heavy (non-hydrogen) atoms. The summed E-state index contributed by atoms with van der Waals surface area (Å²) >= 11 is 6.15. The Morgan fingerprint density at radius 3 is 2.61 bits per heavy atom. The van der Waals surface area contributed by atoms with Gasteiger partial charge in [0.2, 0.25) is 0 Å². The first-order valence-corrected chi connectivity index (χ1v) is 6.23. The molecule has 0 radical (unpaired) electrons. The number of carbonyl (C=O) groups is 1. The summed E-state index contributed by atoms with van der Waals surface area (Å²) in [6.45, 7) is 5.70. The van der Waals surface area contributed by atoms with Crippen LogP contribution in [0.2, 0.25) is 5.02 Å². The van der Waals surface area contributed by atoms with Crippen LogP contribution in [0.25, 0.3) is 0 Å². The predicted molar refractivity (Wildman–Crippen MR) is 72.7 cm³/mol. The second-order valence-electron chi connectivity index (χ2n) is 4.76. The van der Waals surface area contributed by atoms with E-state index in [-0.39, 0.29) is 11.9 Å². The zero-order chi connectivity index (χ0) is 13.3. The Morgan fingerprint density at radius 1 is 1.33 bits per heavy atom. The fourth-order valence-corrected chi connectivity index (χ4v) is 2.26. The first kappa shape index (κ1) is 12.9. The van der Waals surface area contributed by atoms with Gasteiger partial charge < -0.3 is 5.32 Å². The van der Waals surface area contributed by atoms with Crippen molar-refractivity contribution in [2.75, 3.05) is 0 Å². The average Bonchev–Trinajstić information content (AvgIpc) is 2.54. The molecule has 1 aliphatic heterocycles. The minimum Gasteiger partial charge on any atom is -0.338 e. The summed E-state index contributed by atoms with van der Waals surface area (Å²) < 4.78 is 0. The molecule has 1 heterocycles. The molecule has 1 atom stereocenters. The van der Waals surface area contributed by atoms with E-state index in [4.69, 9.17) is 11.6 Å². The van der Waals surface area contributed by atoms with Crippen LogP contribution in [0.5, 0.6) is 0 Å². The van der Waals surface area contributed by atoms with Gasteiger partial charge in [-0.2, -0.15) is 0 Å². The summed E-state index contributed by atoms with van der Waals surface area (Å²) in [4.78, 5) is 16.4. The van der Waals surface area contributed by atoms with Gasteiger partial charge in [0.05, 0.1) is 0 Å². The van der Waals surface area contributed by atoms with Crippen LogP contribution >= 0.6 is 11.6 Å². The van der Waals surface area contributed by atoms with Crippen LogP contribution in [0.15, 0.2) is 29.3 Å². The Morgan fingerprint density at radius 2 is 2.00 bits per heavy atom. The molecule has 1 fully saturated rings. The lowest BCUT2D eigenvalue weighted by atomic mass is 9.92. The second kappa shape index (κ2) is 4.61. The summed E-state index contributed by atoms with van der Waals surface area (Å²) in [6.07, 6.45) is 0. The Balaban J connectivity index is 2.39. The first-order chi connectivity index (χ1) is 8.43. The van der Waals surface area contributed by atoms with E-state index in [1.165, 1.54) is 0 Å². The summed E-state index contributed by atoms with van der Waals surface area (Å²) in [7, 11) is 0. The Labute approximate surface area is 111 Å². The summed E-state index contributed by atoms with van der Waals surface area (Å²) in [6, 6.07) is 7.42. The third-order valence-corrected chi connectivity index (χ3v) is 3.18. The van der Waals surface area contributed by atoms with Gasteiger partial charge in [-0.05, 0) is 26.8 Å². The number of amides is 1. The molecule has 2 N–H and O–H groups in total. The minimum atomic E-state index is -0.869. The van der Waals surface area contributed by atoms with Crippen molar-refractivity contribution in [1.82, 2.24) is 10.6 Å². The van der Waals surface area contributed by atoms with Gasteiger partial charge in [-0.3, -0.25) is 15.1 Å². The van der Waals surface area contributed by atoms with Crippen LogP contribution in [-0.4, -0.2) is 17.9 Å². The average molecular weight is 266 g/mol. The summed E-state index contributed by atoms with van der Waals surface area (Å²) in [5, 5.41) is 6.42. The van der Waals surface area contributed by atoms with Crippen molar-refractivity contribution in [1.29, 1.82) is 0 Å².